The van der Waals surface area contributed by atoms with Crippen molar-refractivity contribution in [3.05, 3.63) is 66.7 Å². The molecule has 0 saturated carbocycles. The predicted molar refractivity (Wildman–Crippen MR) is 106 cm³/mol. The third kappa shape index (κ3) is 3.41. The highest BCUT2D eigenvalue weighted by Gasteiger charge is 2.33. The number of pyridine rings is 1. The molecule has 1 fully saturated rings. The second-order valence-corrected chi connectivity index (χ2v) is 6.97. The van der Waals surface area contributed by atoms with Crippen LogP contribution < -0.4 is 4.74 Å². The molecule has 30 heavy (non-hydrogen) atoms. The fourth-order valence-electron chi connectivity index (χ4n) is 3.25. The maximum Gasteiger partial charge on any atom is 0.272 e. The van der Waals surface area contributed by atoms with E-state index in [1.807, 2.05) is 36.4 Å². The van der Waals surface area contributed by atoms with Crippen LogP contribution in [0, 0.1) is 0 Å². The molecule has 0 unspecified atom stereocenters. The van der Waals surface area contributed by atoms with E-state index in [2.05, 4.69) is 20.2 Å². The first kappa shape index (κ1) is 18.0. The van der Waals surface area contributed by atoms with Crippen LogP contribution in [0.2, 0.25) is 0 Å². The average molecular weight is 402 g/mol. The smallest absolute Gasteiger partial charge is 0.272 e. The molecule has 0 N–H and O–H groups in total. The largest absolute Gasteiger partial charge is 0.487 e. The van der Waals surface area contributed by atoms with Gasteiger partial charge in [0.25, 0.3) is 11.8 Å². The van der Waals surface area contributed by atoms with Gasteiger partial charge in [-0.15, -0.1) is 0 Å². The summed E-state index contributed by atoms with van der Waals surface area (Å²) in [7, 11) is 1.76. The SMILES string of the molecule is Cn1nccc1C(=O)N1CC(Oc2ccc(-c3noc(-c4ccncc4)n3)cc2)C1. The summed E-state index contributed by atoms with van der Waals surface area (Å²) < 4.78 is 12.9. The number of carbonyl (C=O) groups excluding carboxylic acids is 1. The van der Waals surface area contributed by atoms with E-state index in [1.165, 1.54) is 0 Å². The molecule has 0 bridgehead atoms. The lowest BCUT2D eigenvalue weighted by Gasteiger charge is -2.38. The number of hydrogen-bond donors (Lipinski definition) is 0. The van der Waals surface area contributed by atoms with Crippen LogP contribution in [0.1, 0.15) is 10.5 Å². The van der Waals surface area contributed by atoms with E-state index in [-0.39, 0.29) is 12.0 Å². The molecule has 3 aromatic heterocycles. The Labute approximate surface area is 171 Å². The van der Waals surface area contributed by atoms with Crippen LogP contribution in [0.5, 0.6) is 5.75 Å². The van der Waals surface area contributed by atoms with Crippen LogP contribution in [0.25, 0.3) is 22.8 Å². The topological polar surface area (TPSA) is 99.2 Å². The monoisotopic (exact) mass is 402 g/mol. The molecule has 0 atom stereocenters. The maximum absolute atomic E-state index is 12.4. The molecule has 1 aromatic carbocycles. The van der Waals surface area contributed by atoms with E-state index in [9.17, 15) is 4.79 Å². The van der Waals surface area contributed by atoms with Gasteiger partial charge in [-0.2, -0.15) is 10.1 Å². The van der Waals surface area contributed by atoms with Crippen LogP contribution >= 0.6 is 0 Å². The predicted octanol–water partition coefficient (Wildman–Crippen LogP) is 2.44. The molecule has 4 aromatic rings. The van der Waals surface area contributed by atoms with Crippen LogP contribution in [0.3, 0.4) is 0 Å². The summed E-state index contributed by atoms with van der Waals surface area (Å²) in [6, 6.07) is 12.8. The molecule has 0 radical (unpaired) electrons. The lowest BCUT2D eigenvalue weighted by atomic mass is 10.1. The van der Waals surface area contributed by atoms with Gasteiger partial charge in [-0.25, -0.2) is 0 Å². The van der Waals surface area contributed by atoms with Gasteiger partial charge in [0, 0.05) is 36.8 Å². The van der Waals surface area contributed by atoms with E-state index < -0.39 is 0 Å². The molecule has 9 heteroatoms. The van der Waals surface area contributed by atoms with Gasteiger partial charge < -0.3 is 14.2 Å². The molecule has 9 nitrogen and oxygen atoms in total. The summed E-state index contributed by atoms with van der Waals surface area (Å²) in [5, 5.41) is 8.08. The van der Waals surface area contributed by atoms with Crippen molar-refractivity contribution in [2.45, 2.75) is 6.10 Å². The average Bonchev–Trinajstić information content (AvgIpc) is 3.40. The summed E-state index contributed by atoms with van der Waals surface area (Å²) >= 11 is 0. The molecule has 1 amide bonds. The van der Waals surface area contributed by atoms with Crippen molar-refractivity contribution < 1.29 is 14.1 Å². The number of likely N-dealkylation sites (tertiary alicyclic amines) is 1. The molecule has 1 aliphatic heterocycles. The van der Waals surface area contributed by atoms with Crippen molar-refractivity contribution in [3.8, 4) is 28.6 Å². The number of amides is 1. The zero-order valence-corrected chi connectivity index (χ0v) is 16.2. The molecule has 1 aliphatic rings. The molecule has 0 aliphatic carbocycles. The van der Waals surface area contributed by atoms with Crippen molar-refractivity contribution in [3.63, 3.8) is 0 Å². The number of ether oxygens (including phenoxy) is 1. The van der Waals surface area contributed by atoms with Gasteiger partial charge in [0.2, 0.25) is 5.82 Å². The van der Waals surface area contributed by atoms with E-state index in [4.69, 9.17) is 9.26 Å². The van der Waals surface area contributed by atoms with Crippen LogP contribution in [0.4, 0.5) is 0 Å². The van der Waals surface area contributed by atoms with Crippen LogP contribution in [0.15, 0.2) is 65.6 Å². The summed E-state index contributed by atoms with van der Waals surface area (Å²) in [6.45, 7) is 1.10. The van der Waals surface area contributed by atoms with Crippen molar-refractivity contribution in [1.82, 2.24) is 29.8 Å². The molecular weight excluding hydrogens is 384 g/mol. The van der Waals surface area contributed by atoms with Crippen molar-refractivity contribution in [2.24, 2.45) is 7.05 Å². The Morgan fingerprint density at radius 3 is 2.50 bits per heavy atom. The molecule has 150 valence electrons. The van der Waals surface area contributed by atoms with Gasteiger partial charge in [0.05, 0.1) is 13.1 Å². The zero-order valence-electron chi connectivity index (χ0n) is 16.2. The number of benzene rings is 1. The number of aromatic nitrogens is 5. The second-order valence-electron chi connectivity index (χ2n) is 6.97. The fraction of sp³-hybridized carbons (Fsp3) is 0.190. The Hall–Kier alpha value is -4.01. The third-order valence-corrected chi connectivity index (χ3v) is 4.94. The summed E-state index contributed by atoms with van der Waals surface area (Å²) in [5.41, 5.74) is 2.22. The fourth-order valence-corrected chi connectivity index (χ4v) is 3.25. The summed E-state index contributed by atoms with van der Waals surface area (Å²) in [5.74, 6) is 1.65. The number of aryl methyl sites for hydroxylation is 1. The minimum atomic E-state index is -0.0349. The molecule has 0 spiro atoms. The Morgan fingerprint density at radius 1 is 1.03 bits per heavy atom. The van der Waals surface area contributed by atoms with Gasteiger partial charge in [-0.05, 0) is 42.5 Å². The van der Waals surface area contributed by atoms with Crippen LogP contribution in [-0.2, 0) is 7.05 Å². The van der Waals surface area contributed by atoms with Crippen LogP contribution in [-0.4, -0.2) is 54.9 Å². The number of hydrogen-bond acceptors (Lipinski definition) is 7. The maximum atomic E-state index is 12.4. The highest BCUT2D eigenvalue weighted by Crippen LogP contribution is 2.25. The lowest BCUT2D eigenvalue weighted by Crippen LogP contribution is -2.56. The standard InChI is InChI=1S/C21H18N6O3/c1-26-18(8-11-23-26)21(28)27-12-17(13-27)29-16-4-2-14(3-5-16)19-24-20(30-25-19)15-6-9-22-10-7-15/h2-11,17H,12-13H2,1H3. The first-order valence-electron chi connectivity index (χ1n) is 9.46. The number of rotatable bonds is 5. The Morgan fingerprint density at radius 2 is 1.80 bits per heavy atom. The number of carbonyl (C=O) groups is 1. The first-order chi connectivity index (χ1) is 14.7. The Kier molecular flexibility index (Phi) is 4.47. The van der Waals surface area contributed by atoms with E-state index >= 15 is 0 Å². The highest BCUT2D eigenvalue weighted by molar-refractivity contribution is 5.93. The Balaban J connectivity index is 1.19. The van der Waals surface area contributed by atoms with E-state index in [1.54, 1.807) is 41.3 Å². The summed E-state index contributed by atoms with van der Waals surface area (Å²) in [6.07, 6.45) is 4.94. The molecular formula is C21H18N6O3. The van der Waals surface area contributed by atoms with Crippen molar-refractivity contribution in [2.75, 3.05) is 13.1 Å². The van der Waals surface area contributed by atoms with Gasteiger partial charge in [0.15, 0.2) is 0 Å². The van der Waals surface area contributed by atoms with Gasteiger partial charge in [-0.1, -0.05) is 5.16 Å². The lowest BCUT2D eigenvalue weighted by molar-refractivity contribution is 0.0170. The quantitative estimate of drug-likeness (QED) is 0.505. The second kappa shape index (κ2) is 7.43. The van der Waals surface area contributed by atoms with Crippen molar-refractivity contribution in [1.29, 1.82) is 0 Å². The van der Waals surface area contributed by atoms with Gasteiger partial charge >= 0.3 is 0 Å². The minimum absolute atomic E-state index is 0.0310. The van der Waals surface area contributed by atoms with E-state index in [0.717, 1.165) is 16.9 Å². The summed E-state index contributed by atoms with van der Waals surface area (Å²) in [4.78, 5) is 22.6. The zero-order chi connectivity index (χ0) is 20.5. The number of nitrogens with zero attached hydrogens (tertiary/aromatic N) is 6. The van der Waals surface area contributed by atoms with Crippen molar-refractivity contribution >= 4 is 5.91 Å². The Bertz CT molecular complexity index is 1160. The molecule has 5 rings (SSSR count). The normalized spacial score (nSPS) is 13.8. The highest BCUT2D eigenvalue weighted by atomic mass is 16.5. The molecule has 4 heterocycles. The first-order valence-corrected chi connectivity index (χ1v) is 9.46. The van der Waals surface area contributed by atoms with Gasteiger partial charge in [0.1, 0.15) is 17.5 Å². The van der Waals surface area contributed by atoms with Gasteiger partial charge in [-0.3, -0.25) is 14.5 Å². The molecule has 1 saturated heterocycles. The van der Waals surface area contributed by atoms with E-state index in [0.29, 0.717) is 30.5 Å². The third-order valence-electron chi connectivity index (χ3n) is 4.94. The minimum Gasteiger partial charge on any atom is -0.487 e.